The van der Waals surface area contributed by atoms with Crippen molar-refractivity contribution < 1.29 is 9.32 Å². The van der Waals surface area contributed by atoms with Crippen LogP contribution >= 0.6 is 0 Å². The molecule has 4 heterocycles. The summed E-state index contributed by atoms with van der Waals surface area (Å²) in [4.78, 5) is 23.5. The first-order valence-corrected chi connectivity index (χ1v) is 9.26. The van der Waals surface area contributed by atoms with E-state index in [0.717, 1.165) is 37.1 Å². The van der Waals surface area contributed by atoms with Crippen LogP contribution in [0.15, 0.2) is 35.2 Å². The standard InChI is InChI=1S/C19H22N6O2/c1-3-10-25-13(2)15(12-21-25)19(26)24-11-4-5-16(24)18-22-17(23-27-18)14-6-8-20-9-7-14/h6-9,12,16H,3-5,10-11H2,1-2H3. The van der Waals surface area contributed by atoms with Gasteiger partial charge in [-0.05, 0) is 38.3 Å². The van der Waals surface area contributed by atoms with Gasteiger partial charge in [-0.25, -0.2) is 0 Å². The second-order valence-corrected chi connectivity index (χ2v) is 6.72. The van der Waals surface area contributed by atoms with Gasteiger partial charge in [0, 0.05) is 36.7 Å². The van der Waals surface area contributed by atoms with Crippen LogP contribution in [0.1, 0.15) is 54.2 Å². The molecule has 1 aliphatic heterocycles. The molecule has 1 saturated heterocycles. The third kappa shape index (κ3) is 3.22. The van der Waals surface area contributed by atoms with Gasteiger partial charge >= 0.3 is 0 Å². The lowest BCUT2D eigenvalue weighted by molar-refractivity contribution is 0.0709. The summed E-state index contributed by atoms with van der Waals surface area (Å²) >= 11 is 0. The van der Waals surface area contributed by atoms with Crippen LogP contribution in [0.4, 0.5) is 0 Å². The number of aromatic nitrogens is 5. The Morgan fingerprint density at radius 2 is 2.15 bits per heavy atom. The Hall–Kier alpha value is -3.03. The second kappa shape index (κ2) is 7.30. The number of amides is 1. The van der Waals surface area contributed by atoms with Crippen molar-refractivity contribution in [1.29, 1.82) is 0 Å². The van der Waals surface area contributed by atoms with Gasteiger partial charge in [-0.2, -0.15) is 10.1 Å². The van der Waals surface area contributed by atoms with E-state index >= 15 is 0 Å². The van der Waals surface area contributed by atoms with Gasteiger partial charge in [-0.1, -0.05) is 12.1 Å². The van der Waals surface area contributed by atoms with Crippen molar-refractivity contribution in [2.75, 3.05) is 6.54 Å². The summed E-state index contributed by atoms with van der Waals surface area (Å²) in [5.41, 5.74) is 2.38. The maximum Gasteiger partial charge on any atom is 0.258 e. The van der Waals surface area contributed by atoms with Crippen LogP contribution in [0.3, 0.4) is 0 Å². The zero-order chi connectivity index (χ0) is 18.8. The van der Waals surface area contributed by atoms with Crippen molar-refractivity contribution in [2.24, 2.45) is 0 Å². The molecular formula is C19H22N6O2. The van der Waals surface area contributed by atoms with E-state index in [4.69, 9.17) is 4.52 Å². The number of hydrogen-bond donors (Lipinski definition) is 0. The molecule has 4 rings (SSSR count). The monoisotopic (exact) mass is 366 g/mol. The molecule has 0 spiro atoms. The molecule has 8 nitrogen and oxygen atoms in total. The van der Waals surface area contributed by atoms with Gasteiger partial charge < -0.3 is 9.42 Å². The van der Waals surface area contributed by atoms with Gasteiger partial charge in [0.25, 0.3) is 5.91 Å². The zero-order valence-corrected chi connectivity index (χ0v) is 15.5. The van der Waals surface area contributed by atoms with Crippen molar-refractivity contribution in [3.8, 4) is 11.4 Å². The van der Waals surface area contributed by atoms with E-state index in [-0.39, 0.29) is 11.9 Å². The minimum absolute atomic E-state index is 0.0268. The van der Waals surface area contributed by atoms with Gasteiger partial charge in [0.05, 0.1) is 11.8 Å². The highest BCUT2D eigenvalue weighted by atomic mass is 16.5. The molecule has 1 amide bonds. The number of carbonyl (C=O) groups is 1. The molecule has 27 heavy (non-hydrogen) atoms. The van der Waals surface area contributed by atoms with Crippen LogP contribution in [-0.4, -0.2) is 42.3 Å². The topological polar surface area (TPSA) is 89.9 Å². The SMILES string of the molecule is CCCn1ncc(C(=O)N2CCCC2c2nc(-c3ccncc3)no2)c1C. The van der Waals surface area contributed by atoms with Gasteiger partial charge in [-0.3, -0.25) is 14.5 Å². The Bertz CT molecular complexity index is 933. The Balaban J connectivity index is 1.58. The number of rotatable bonds is 5. The molecule has 1 fully saturated rings. The predicted molar refractivity (Wildman–Crippen MR) is 97.8 cm³/mol. The first kappa shape index (κ1) is 17.4. The molecule has 3 aromatic heterocycles. The Kier molecular flexibility index (Phi) is 4.70. The number of likely N-dealkylation sites (tertiary alicyclic amines) is 1. The lowest BCUT2D eigenvalue weighted by Crippen LogP contribution is -2.31. The third-order valence-corrected chi connectivity index (χ3v) is 4.95. The Morgan fingerprint density at radius 1 is 1.33 bits per heavy atom. The number of pyridine rings is 1. The second-order valence-electron chi connectivity index (χ2n) is 6.72. The highest BCUT2D eigenvalue weighted by Gasteiger charge is 2.35. The van der Waals surface area contributed by atoms with E-state index in [1.165, 1.54) is 0 Å². The van der Waals surface area contributed by atoms with Crippen LogP contribution in [0.2, 0.25) is 0 Å². The molecule has 0 N–H and O–H groups in total. The van der Waals surface area contributed by atoms with E-state index in [1.807, 2.05) is 28.6 Å². The van der Waals surface area contributed by atoms with Crippen molar-refractivity contribution >= 4 is 5.91 Å². The summed E-state index contributed by atoms with van der Waals surface area (Å²) in [5, 5.41) is 8.43. The smallest absolute Gasteiger partial charge is 0.258 e. The van der Waals surface area contributed by atoms with Crippen LogP contribution in [0.25, 0.3) is 11.4 Å². The zero-order valence-electron chi connectivity index (χ0n) is 15.5. The summed E-state index contributed by atoms with van der Waals surface area (Å²) in [5.74, 6) is 0.964. The highest BCUT2D eigenvalue weighted by molar-refractivity contribution is 5.95. The minimum Gasteiger partial charge on any atom is -0.337 e. The molecule has 1 aliphatic rings. The molecule has 0 saturated carbocycles. The minimum atomic E-state index is -0.200. The average Bonchev–Trinajstić information content (AvgIpc) is 3.42. The average molecular weight is 366 g/mol. The molecule has 3 aromatic rings. The quantitative estimate of drug-likeness (QED) is 0.689. The molecule has 8 heteroatoms. The van der Waals surface area contributed by atoms with Crippen LogP contribution in [0, 0.1) is 6.92 Å². The Morgan fingerprint density at radius 3 is 2.93 bits per heavy atom. The maximum atomic E-state index is 13.1. The molecule has 1 atom stereocenters. The van der Waals surface area contributed by atoms with Crippen LogP contribution in [-0.2, 0) is 6.54 Å². The van der Waals surface area contributed by atoms with Crippen molar-refractivity contribution in [2.45, 2.75) is 45.7 Å². The van der Waals surface area contributed by atoms with E-state index in [1.54, 1.807) is 18.6 Å². The first-order chi connectivity index (χ1) is 13.2. The highest BCUT2D eigenvalue weighted by Crippen LogP contribution is 2.33. The van der Waals surface area contributed by atoms with Crippen molar-refractivity contribution in [1.82, 2.24) is 29.8 Å². The molecule has 140 valence electrons. The first-order valence-electron chi connectivity index (χ1n) is 9.26. The van der Waals surface area contributed by atoms with E-state index < -0.39 is 0 Å². The summed E-state index contributed by atoms with van der Waals surface area (Å²) in [7, 11) is 0. The van der Waals surface area contributed by atoms with Gasteiger partial charge in [-0.15, -0.1) is 0 Å². The van der Waals surface area contributed by atoms with Gasteiger partial charge in [0.1, 0.15) is 6.04 Å². The predicted octanol–water partition coefficient (Wildman–Crippen LogP) is 3.02. The summed E-state index contributed by atoms with van der Waals surface area (Å²) in [6.07, 6.45) is 7.74. The fourth-order valence-electron chi connectivity index (χ4n) is 3.50. The van der Waals surface area contributed by atoms with Crippen LogP contribution < -0.4 is 0 Å². The van der Waals surface area contributed by atoms with E-state index in [0.29, 0.717) is 23.8 Å². The molecule has 0 bridgehead atoms. The molecule has 0 radical (unpaired) electrons. The van der Waals surface area contributed by atoms with E-state index in [2.05, 4.69) is 27.1 Å². The lowest BCUT2D eigenvalue weighted by atomic mass is 10.2. The van der Waals surface area contributed by atoms with Crippen molar-refractivity contribution in [3.63, 3.8) is 0 Å². The van der Waals surface area contributed by atoms with Gasteiger partial charge in [0.2, 0.25) is 11.7 Å². The molecule has 0 aliphatic carbocycles. The number of aryl methyl sites for hydroxylation is 1. The lowest BCUT2D eigenvalue weighted by Gasteiger charge is -2.21. The fourth-order valence-corrected chi connectivity index (χ4v) is 3.50. The number of hydrogen-bond acceptors (Lipinski definition) is 6. The Labute approximate surface area is 157 Å². The number of carbonyl (C=O) groups excluding carboxylic acids is 1. The summed E-state index contributed by atoms with van der Waals surface area (Å²) < 4.78 is 7.38. The maximum absolute atomic E-state index is 13.1. The van der Waals surface area contributed by atoms with Crippen LogP contribution in [0.5, 0.6) is 0 Å². The number of nitrogens with zero attached hydrogens (tertiary/aromatic N) is 6. The van der Waals surface area contributed by atoms with E-state index in [9.17, 15) is 4.79 Å². The molecule has 1 unspecified atom stereocenters. The summed E-state index contributed by atoms with van der Waals surface area (Å²) in [6, 6.07) is 3.46. The third-order valence-electron chi connectivity index (χ3n) is 4.95. The molecule has 0 aromatic carbocycles. The fraction of sp³-hybridized carbons (Fsp3) is 0.421. The van der Waals surface area contributed by atoms with Crippen molar-refractivity contribution in [3.05, 3.63) is 47.9 Å². The van der Waals surface area contributed by atoms with Gasteiger partial charge in [0.15, 0.2) is 0 Å². The normalized spacial score (nSPS) is 16.8. The molecular weight excluding hydrogens is 344 g/mol. The summed E-state index contributed by atoms with van der Waals surface area (Å²) in [6.45, 7) is 5.51. The largest absolute Gasteiger partial charge is 0.337 e.